The summed E-state index contributed by atoms with van der Waals surface area (Å²) in [7, 11) is 0. The molecular weight excluding hydrogens is 150 g/mol. The molecule has 1 atom stereocenters. The molecule has 64 valence electrons. The molecule has 0 bridgehead atoms. The minimum Gasteiger partial charge on any atom is -0.352 e. The maximum absolute atomic E-state index is 5.53. The van der Waals surface area contributed by atoms with Gasteiger partial charge in [0.15, 0.2) is 6.23 Å². The lowest BCUT2D eigenvalue weighted by molar-refractivity contribution is -0.00655. The predicted molar refractivity (Wildman–Crippen MR) is 47.6 cm³/mol. The van der Waals surface area contributed by atoms with E-state index in [1.54, 1.807) is 22.8 Å². The Morgan fingerprint density at radius 2 is 2.00 bits per heavy atom. The van der Waals surface area contributed by atoms with Gasteiger partial charge < -0.3 is 9.30 Å². The van der Waals surface area contributed by atoms with Gasteiger partial charge in [-0.25, -0.2) is 0 Å². The average molecular weight is 163 g/mol. The molecule has 0 fully saturated rings. The summed E-state index contributed by atoms with van der Waals surface area (Å²) in [5.74, 6) is 0. The number of rotatable bonds is 4. The van der Waals surface area contributed by atoms with Crippen LogP contribution in [0.15, 0.2) is 24.8 Å². The summed E-state index contributed by atoms with van der Waals surface area (Å²) >= 11 is 0. The molecule has 0 saturated carbocycles. The van der Waals surface area contributed by atoms with Crippen molar-refractivity contribution in [2.75, 3.05) is 0 Å². The number of nitrogens with zero attached hydrogens (tertiary/aromatic N) is 1. The Hall–Kier alpha value is -1.02. The van der Waals surface area contributed by atoms with Gasteiger partial charge in [0.2, 0.25) is 0 Å². The summed E-state index contributed by atoms with van der Waals surface area (Å²) in [4.78, 5) is 0. The van der Waals surface area contributed by atoms with Crippen molar-refractivity contribution >= 4 is 0 Å². The van der Waals surface area contributed by atoms with Crippen molar-refractivity contribution in [2.24, 2.45) is 0 Å². The highest BCUT2D eigenvalue weighted by Gasteiger charge is 2.07. The van der Waals surface area contributed by atoms with Gasteiger partial charge in [-0.15, -0.1) is 0 Å². The van der Waals surface area contributed by atoms with Gasteiger partial charge in [0.25, 0.3) is 0 Å². The van der Waals surface area contributed by atoms with Crippen LogP contribution in [0.4, 0.5) is 0 Å². The molecule has 1 heterocycles. The summed E-state index contributed by atoms with van der Waals surface area (Å²) in [5.41, 5.74) is 0. The zero-order valence-electron chi connectivity index (χ0n) is 7.45. The molecule has 0 aliphatic carbocycles. The third-order valence-corrected chi connectivity index (χ3v) is 1.38. The molecule has 0 aromatic carbocycles. The summed E-state index contributed by atoms with van der Waals surface area (Å²) < 4.78 is 7.26. The fourth-order valence-electron chi connectivity index (χ4n) is 0.920. The first-order valence-corrected chi connectivity index (χ1v) is 3.98. The molecule has 2 radical (unpaired) electrons. The van der Waals surface area contributed by atoms with Crippen LogP contribution in [0.1, 0.15) is 20.1 Å². The number of aromatic nitrogens is 1. The standard InChI is InChI=1S/C10H13NO/c1-4-10(12-9(2)3)11-7-5-6-8-11/h4-6,9-10H,1H2,2-3H3. The molecule has 0 aliphatic rings. The molecule has 0 amide bonds. The third-order valence-electron chi connectivity index (χ3n) is 1.38. The van der Waals surface area contributed by atoms with E-state index in [2.05, 4.69) is 19.0 Å². The van der Waals surface area contributed by atoms with Gasteiger partial charge in [0.1, 0.15) is 0 Å². The topological polar surface area (TPSA) is 14.2 Å². The molecular formula is C10H13NO. The van der Waals surface area contributed by atoms with Gasteiger partial charge in [0, 0.05) is 0 Å². The van der Waals surface area contributed by atoms with Gasteiger partial charge in [-0.1, -0.05) is 6.58 Å². The maximum atomic E-state index is 5.53. The van der Waals surface area contributed by atoms with Crippen LogP contribution in [-0.2, 0) is 4.74 Å². The van der Waals surface area contributed by atoms with E-state index >= 15 is 0 Å². The molecule has 1 aromatic heterocycles. The second kappa shape index (κ2) is 4.12. The number of hydrogen-bond donors (Lipinski definition) is 0. The number of ether oxygens (including phenoxy) is 1. The van der Waals surface area contributed by atoms with Crippen molar-refractivity contribution in [3.8, 4) is 0 Å². The molecule has 0 saturated heterocycles. The van der Waals surface area contributed by atoms with E-state index in [4.69, 9.17) is 4.74 Å². The summed E-state index contributed by atoms with van der Waals surface area (Å²) in [6.07, 6.45) is 7.67. The second-order valence-electron chi connectivity index (χ2n) is 2.77. The third kappa shape index (κ3) is 2.24. The lowest BCUT2D eigenvalue weighted by atomic mass is 10.4. The van der Waals surface area contributed by atoms with Gasteiger partial charge in [0.05, 0.1) is 18.5 Å². The molecule has 1 aromatic rings. The zero-order valence-corrected chi connectivity index (χ0v) is 7.45. The van der Waals surface area contributed by atoms with Crippen molar-refractivity contribution in [2.45, 2.75) is 26.2 Å². The van der Waals surface area contributed by atoms with Crippen LogP contribution in [-0.4, -0.2) is 10.7 Å². The maximum Gasteiger partial charge on any atom is 0.153 e. The predicted octanol–water partition coefficient (Wildman–Crippen LogP) is 2.20. The molecule has 2 nitrogen and oxygen atoms in total. The summed E-state index contributed by atoms with van der Waals surface area (Å²) in [6.45, 7) is 7.66. The quantitative estimate of drug-likeness (QED) is 0.621. The Balaban J connectivity index is 2.63. The van der Waals surface area contributed by atoms with Crippen molar-refractivity contribution in [3.63, 3.8) is 0 Å². The van der Waals surface area contributed by atoms with Crippen LogP contribution in [0.25, 0.3) is 0 Å². The first-order chi connectivity index (χ1) is 5.74. The van der Waals surface area contributed by atoms with Crippen molar-refractivity contribution in [1.29, 1.82) is 0 Å². The van der Waals surface area contributed by atoms with E-state index in [-0.39, 0.29) is 12.3 Å². The Bertz CT molecular complexity index is 226. The van der Waals surface area contributed by atoms with Crippen molar-refractivity contribution < 1.29 is 4.74 Å². The molecule has 2 heteroatoms. The molecule has 12 heavy (non-hydrogen) atoms. The summed E-state index contributed by atoms with van der Waals surface area (Å²) in [6, 6.07) is 3.58. The molecule has 0 aliphatic heterocycles. The van der Waals surface area contributed by atoms with E-state index in [0.717, 1.165) is 0 Å². The smallest absolute Gasteiger partial charge is 0.153 e. The normalized spacial score (nSPS) is 13.2. The van der Waals surface area contributed by atoms with Gasteiger partial charge >= 0.3 is 0 Å². The van der Waals surface area contributed by atoms with E-state index in [1.165, 1.54) is 0 Å². The summed E-state index contributed by atoms with van der Waals surface area (Å²) in [5, 5.41) is 0. The van der Waals surface area contributed by atoms with Gasteiger partial charge in [-0.3, -0.25) is 0 Å². The highest BCUT2D eigenvalue weighted by molar-refractivity contribution is 4.91. The monoisotopic (exact) mass is 163 g/mol. The zero-order chi connectivity index (χ0) is 8.97. The number of hydrogen-bond acceptors (Lipinski definition) is 1. The van der Waals surface area contributed by atoms with Crippen LogP contribution in [0.2, 0.25) is 0 Å². The lowest BCUT2D eigenvalue weighted by Gasteiger charge is -2.17. The van der Waals surface area contributed by atoms with Gasteiger partial charge in [-0.05, 0) is 32.1 Å². The fourth-order valence-corrected chi connectivity index (χ4v) is 0.920. The van der Waals surface area contributed by atoms with Crippen LogP contribution < -0.4 is 0 Å². The minimum absolute atomic E-state index is 0.153. The van der Waals surface area contributed by atoms with Crippen LogP contribution in [0, 0.1) is 12.4 Å². The van der Waals surface area contributed by atoms with E-state index in [9.17, 15) is 0 Å². The Morgan fingerprint density at radius 3 is 2.42 bits per heavy atom. The van der Waals surface area contributed by atoms with E-state index in [1.807, 2.05) is 13.8 Å². The Labute approximate surface area is 73.5 Å². The van der Waals surface area contributed by atoms with E-state index < -0.39 is 0 Å². The largest absolute Gasteiger partial charge is 0.352 e. The average Bonchev–Trinajstić information content (AvgIpc) is 2.51. The van der Waals surface area contributed by atoms with Gasteiger partial charge in [-0.2, -0.15) is 0 Å². The minimum atomic E-state index is -0.153. The second-order valence-corrected chi connectivity index (χ2v) is 2.77. The molecule has 1 rings (SSSR count). The van der Waals surface area contributed by atoms with Crippen LogP contribution in [0.3, 0.4) is 0 Å². The lowest BCUT2D eigenvalue weighted by Crippen LogP contribution is -2.13. The first-order valence-electron chi connectivity index (χ1n) is 3.98. The van der Waals surface area contributed by atoms with Crippen LogP contribution >= 0.6 is 0 Å². The SMILES string of the molecule is C=CC(OC(C)C)n1[c]cc[c]1. The molecule has 0 spiro atoms. The molecule has 1 unspecified atom stereocenters. The Kier molecular flexibility index (Phi) is 3.11. The first kappa shape index (κ1) is 9.07. The van der Waals surface area contributed by atoms with E-state index in [0.29, 0.717) is 0 Å². The fraction of sp³-hybridized carbons (Fsp3) is 0.400. The molecule has 0 N–H and O–H groups in total. The van der Waals surface area contributed by atoms with Crippen LogP contribution in [0.5, 0.6) is 0 Å². The Morgan fingerprint density at radius 1 is 1.42 bits per heavy atom. The highest BCUT2D eigenvalue weighted by Crippen LogP contribution is 2.11. The van der Waals surface area contributed by atoms with Crippen molar-refractivity contribution in [3.05, 3.63) is 37.2 Å². The van der Waals surface area contributed by atoms with Crippen molar-refractivity contribution in [1.82, 2.24) is 4.57 Å². The highest BCUT2D eigenvalue weighted by atomic mass is 16.5.